The van der Waals surface area contributed by atoms with Gasteiger partial charge >= 0.3 is 5.97 Å². The van der Waals surface area contributed by atoms with Crippen LogP contribution in [0.3, 0.4) is 0 Å². The Hall–Kier alpha value is -0.650. The zero-order valence-corrected chi connectivity index (χ0v) is 12.8. The van der Waals surface area contributed by atoms with Gasteiger partial charge in [0, 0.05) is 26.2 Å². The van der Waals surface area contributed by atoms with Crippen molar-refractivity contribution in [3.05, 3.63) is 0 Å². The van der Waals surface area contributed by atoms with Crippen molar-refractivity contribution in [3.8, 4) is 0 Å². The number of ether oxygens (including phenoxy) is 1. The first kappa shape index (κ1) is 18.4. The van der Waals surface area contributed by atoms with Crippen LogP contribution >= 0.6 is 0 Å². The van der Waals surface area contributed by atoms with E-state index in [4.69, 9.17) is 4.74 Å². The van der Waals surface area contributed by atoms with Gasteiger partial charge in [-0.3, -0.25) is 9.69 Å². The molecule has 0 aliphatic rings. The molecule has 0 rings (SSSR count). The summed E-state index contributed by atoms with van der Waals surface area (Å²) in [5.74, 6) is -0.776. The molecular formula is C14H30N2O3. The summed E-state index contributed by atoms with van der Waals surface area (Å²) in [6, 6.07) is -0.0853. The lowest BCUT2D eigenvalue weighted by Crippen LogP contribution is -2.50. The molecule has 0 aromatic carbocycles. The maximum absolute atomic E-state index is 11.3. The molecule has 0 radical (unpaired) electrons. The normalized spacial score (nSPS) is 13.2. The summed E-state index contributed by atoms with van der Waals surface area (Å²) >= 11 is 0. The molecule has 0 heterocycles. The van der Waals surface area contributed by atoms with Crippen LogP contribution in [-0.4, -0.2) is 61.4 Å². The molecule has 0 aliphatic carbocycles. The molecule has 0 amide bonds. The molecule has 0 aliphatic heterocycles. The van der Waals surface area contributed by atoms with Crippen LogP contribution in [0.5, 0.6) is 0 Å². The van der Waals surface area contributed by atoms with Gasteiger partial charge in [-0.2, -0.15) is 0 Å². The second kappa shape index (κ2) is 11.2. The van der Waals surface area contributed by atoms with E-state index in [0.717, 1.165) is 32.4 Å². The van der Waals surface area contributed by atoms with E-state index < -0.39 is 12.0 Å². The van der Waals surface area contributed by atoms with Crippen LogP contribution in [0, 0.1) is 0 Å². The Morgan fingerprint density at radius 3 is 2.37 bits per heavy atom. The van der Waals surface area contributed by atoms with Gasteiger partial charge in [-0.05, 0) is 25.8 Å². The molecule has 114 valence electrons. The largest absolute Gasteiger partial charge is 0.480 e. The quantitative estimate of drug-likeness (QED) is 0.566. The molecular weight excluding hydrogens is 244 g/mol. The van der Waals surface area contributed by atoms with Crippen molar-refractivity contribution in [3.63, 3.8) is 0 Å². The number of methoxy groups -OCH3 is 1. The van der Waals surface area contributed by atoms with Crippen molar-refractivity contribution in [1.82, 2.24) is 10.2 Å². The first-order chi connectivity index (χ1) is 9.10. The Morgan fingerprint density at radius 1 is 1.32 bits per heavy atom. The molecule has 0 aromatic heterocycles. The Labute approximate surface area is 117 Å². The topological polar surface area (TPSA) is 61.8 Å². The fraction of sp³-hybridized carbons (Fsp3) is 0.929. The number of aliphatic carboxylic acids is 1. The van der Waals surface area contributed by atoms with Gasteiger partial charge in [-0.1, -0.05) is 20.8 Å². The molecule has 1 unspecified atom stereocenters. The van der Waals surface area contributed by atoms with Crippen molar-refractivity contribution < 1.29 is 14.6 Å². The molecule has 0 saturated heterocycles. The summed E-state index contributed by atoms with van der Waals surface area (Å²) in [4.78, 5) is 13.5. The number of nitrogens with one attached hydrogen (secondary N) is 1. The van der Waals surface area contributed by atoms with E-state index in [1.54, 1.807) is 7.11 Å². The van der Waals surface area contributed by atoms with Crippen LogP contribution in [0.1, 0.15) is 40.0 Å². The predicted octanol–water partition coefficient (Wildman–Crippen LogP) is 1.58. The number of carboxylic acids is 1. The second-order valence-electron chi connectivity index (χ2n) is 4.80. The molecule has 5 heteroatoms. The van der Waals surface area contributed by atoms with Gasteiger partial charge in [0.1, 0.15) is 6.04 Å². The highest BCUT2D eigenvalue weighted by molar-refractivity contribution is 5.73. The molecule has 19 heavy (non-hydrogen) atoms. The van der Waals surface area contributed by atoms with Crippen molar-refractivity contribution in [2.24, 2.45) is 0 Å². The van der Waals surface area contributed by atoms with Gasteiger partial charge in [-0.15, -0.1) is 0 Å². The average molecular weight is 274 g/mol. The summed E-state index contributed by atoms with van der Waals surface area (Å²) in [5, 5.41) is 12.4. The van der Waals surface area contributed by atoms with Crippen molar-refractivity contribution >= 4 is 5.97 Å². The van der Waals surface area contributed by atoms with E-state index in [1.165, 1.54) is 0 Å². The van der Waals surface area contributed by atoms with Crippen molar-refractivity contribution in [1.29, 1.82) is 0 Å². The number of carboxylic acid groups (broad SMARTS) is 1. The van der Waals surface area contributed by atoms with Gasteiger partial charge in [0.15, 0.2) is 0 Å². The van der Waals surface area contributed by atoms with E-state index in [9.17, 15) is 9.90 Å². The third-order valence-electron chi connectivity index (χ3n) is 3.40. The second-order valence-corrected chi connectivity index (χ2v) is 4.80. The Kier molecular flexibility index (Phi) is 10.8. The van der Waals surface area contributed by atoms with Crippen molar-refractivity contribution in [2.45, 2.75) is 52.1 Å². The van der Waals surface area contributed by atoms with E-state index in [-0.39, 0.29) is 0 Å². The molecule has 0 spiro atoms. The van der Waals surface area contributed by atoms with Gasteiger partial charge in [-0.25, -0.2) is 0 Å². The van der Waals surface area contributed by atoms with Crippen LogP contribution in [0.25, 0.3) is 0 Å². The molecule has 0 saturated carbocycles. The van der Waals surface area contributed by atoms with Gasteiger partial charge in [0.05, 0.1) is 6.61 Å². The first-order valence-corrected chi connectivity index (χ1v) is 7.29. The molecule has 2 N–H and O–H groups in total. The summed E-state index contributed by atoms with van der Waals surface area (Å²) in [6.45, 7) is 9.00. The minimum atomic E-state index is -0.776. The van der Waals surface area contributed by atoms with Crippen LogP contribution in [0.4, 0.5) is 0 Å². The number of rotatable bonds is 12. The van der Waals surface area contributed by atoms with Gasteiger partial charge in [0.2, 0.25) is 0 Å². The lowest BCUT2D eigenvalue weighted by molar-refractivity contribution is -0.140. The number of nitrogens with zero attached hydrogens (tertiary/aromatic N) is 1. The highest BCUT2D eigenvalue weighted by atomic mass is 16.5. The van der Waals surface area contributed by atoms with Crippen molar-refractivity contribution in [2.75, 3.05) is 33.4 Å². The maximum Gasteiger partial charge on any atom is 0.322 e. The smallest absolute Gasteiger partial charge is 0.322 e. The number of carbonyl (C=O) groups is 1. The number of hydrogen-bond acceptors (Lipinski definition) is 4. The Morgan fingerprint density at radius 2 is 1.95 bits per heavy atom. The lowest BCUT2D eigenvalue weighted by Gasteiger charge is -2.32. The molecule has 0 fully saturated rings. The minimum absolute atomic E-state index is 0.417. The molecule has 0 bridgehead atoms. The van der Waals surface area contributed by atoms with Crippen LogP contribution in [0.15, 0.2) is 0 Å². The maximum atomic E-state index is 11.3. The van der Waals surface area contributed by atoms with Crippen LogP contribution in [0.2, 0.25) is 0 Å². The van der Waals surface area contributed by atoms with Gasteiger partial charge in [0.25, 0.3) is 0 Å². The highest BCUT2D eigenvalue weighted by Gasteiger charge is 2.23. The standard InChI is InChI=1S/C14H30N2O3/c1-5-8-15-13(14(17)18)11-16(9-10-19-4)12(6-2)7-3/h12-13,15H,5-11H2,1-4H3,(H,17,18). The third-order valence-corrected chi connectivity index (χ3v) is 3.40. The monoisotopic (exact) mass is 274 g/mol. The lowest BCUT2D eigenvalue weighted by atomic mass is 10.1. The van der Waals surface area contributed by atoms with Crippen LogP contribution in [-0.2, 0) is 9.53 Å². The summed E-state index contributed by atoms with van der Waals surface area (Å²) in [7, 11) is 1.68. The highest BCUT2D eigenvalue weighted by Crippen LogP contribution is 2.09. The van der Waals surface area contributed by atoms with Crippen LogP contribution < -0.4 is 5.32 Å². The fourth-order valence-electron chi connectivity index (χ4n) is 2.22. The zero-order valence-electron chi connectivity index (χ0n) is 12.8. The Bertz CT molecular complexity index is 233. The fourth-order valence-corrected chi connectivity index (χ4v) is 2.22. The van der Waals surface area contributed by atoms with E-state index in [1.807, 2.05) is 6.92 Å². The third kappa shape index (κ3) is 7.50. The summed E-state index contributed by atoms with van der Waals surface area (Å²) in [6.07, 6.45) is 2.99. The van der Waals surface area contributed by atoms with Gasteiger partial charge < -0.3 is 15.2 Å². The van der Waals surface area contributed by atoms with E-state index >= 15 is 0 Å². The minimum Gasteiger partial charge on any atom is -0.480 e. The van der Waals surface area contributed by atoms with E-state index in [0.29, 0.717) is 19.2 Å². The molecule has 5 nitrogen and oxygen atoms in total. The summed E-state index contributed by atoms with van der Waals surface area (Å²) < 4.78 is 5.13. The first-order valence-electron chi connectivity index (χ1n) is 7.29. The predicted molar refractivity (Wildman–Crippen MR) is 77.5 cm³/mol. The summed E-state index contributed by atoms with van der Waals surface area (Å²) in [5.41, 5.74) is 0. The molecule has 0 aromatic rings. The Balaban J connectivity index is 4.58. The average Bonchev–Trinajstić information content (AvgIpc) is 2.40. The number of hydrogen-bond donors (Lipinski definition) is 2. The SMILES string of the molecule is CCCNC(CN(CCOC)C(CC)CC)C(=O)O. The zero-order chi connectivity index (χ0) is 14.7. The van der Waals surface area contributed by atoms with E-state index in [2.05, 4.69) is 24.1 Å². The molecule has 1 atom stereocenters.